The van der Waals surface area contributed by atoms with Gasteiger partial charge in [0.05, 0.1) is 35.8 Å². The first-order chi connectivity index (χ1) is 11.5. The number of non-ortho nitro benzene ring substituents is 1. The fourth-order valence-corrected chi connectivity index (χ4v) is 2.21. The van der Waals surface area contributed by atoms with Gasteiger partial charge >= 0.3 is 5.97 Å². The van der Waals surface area contributed by atoms with Crippen LogP contribution in [0.5, 0.6) is 0 Å². The topological polar surface area (TPSA) is 117 Å². The predicted molar refractivity (Wildman–Crippen MR) is 81.8 cm³/mol. The highest BCUT2D eigenvalue weighted by Gasteiger charge is 2.14. The molecule has 0 amide bonds. The number of carbonyl (C=O) groups is 1. The standard InChI is InChI=1S/C15H11N3O6/c1-23-15(20)13-5-3-10(24-13)7-17-8-16-12-4-2-9(18(21)22)6-11(12)14(17)19/h2-6,8H,7H2,1H3. The second-order valence-electron chi connectivity index (χ2n) is 4.89. The van der Waals surface area contributed by atoms with Crippen molar-refractivity contribution < 1.29 is 18.9 Å². The van der Waals surface area contributed by atoms with Crippen molar-refractivity contribution in [3.63, 3.8) is 0 Å². The number of rotatable bonds is 4. The van der Waals surface area contributed by atoms with Crippen molar-refractivity contribution in [1.82, 2.24) is 9.55 Å². The lowest BCUT2D eigenvalue weighted by molar-refractivity contribution is -0.384. The minimum Gasteiger partial charge on any atom is -0.463 e. The van der Waals surface area contributed by atoms with E-state index in [2.05, 4.69) is 9.72 Å². The largest absolute Gasteiger partial charge is 0.463 e. The summed E-state index contributed by atoms with van der Waals surface area (Å²) in [6.45, 7) is 0.0292. The molecule has 2 heterocycles. The van der Waals surface area contributed by atoms with Gasteiger partial charge in [-0.05, 0) is 18.2 Å². The van der Waals surface area contributed by atoms with Gasteiger partial charge < -0.3 is 9.15 Å². The molecule has 3 aromatic rings. The Kier molecular flexibility index (Phi) is 3.82. The Balaban J connectivity index is 1.99. The molecule has 0 atom stereocenters. The van der Waals surface area contributed by atoms with Gasteiger partial charge in [0, 0.05) is 12.1 Å². The normalized spacial score (nSPS) is 10.7. The van der Waals surface area contributed by atoms with Crippen LogP contribution in [0.25, 0.3) is 10.9 Å². The Labute approximate surface area is 134 Å². The second kappa shape index (κ2) is 5.95. The number of nitro groups is 1. The Morgan fingerprint density at radius 3 is 2.88 bits per heavy atom. The van der Waals surface area contributed by atoms with E-state index >= 15 is 0 Å². The lowest BCUT2D eigenvalue weighted by atomic mass is 10.2. The van der Waals surface area contributed by atoms with Crippen LogP contribution in [0.4, 0.5) is 5.69 Å². The molecule has 0 fully saturated rings. The van der Waals surface area contributed by atoms with Gasteiger partial charge in [-0.2, -0.15) is 0 Å². The minimum atomic E-state index is -0.624. The molecule has 24 heavy (non-hydrogen) atoms. The van der Waals surface area contributed by atoms with Gasteiger partial charge in [0.1, 0.15) is 5.76 Å². The number of fused-ring (bicyclic) bond motifs is 1. The number of carbonyl (C=O) groups excluding carboxylic acids is 1. The maximum absolute atomic E-state index is 12.5. The minimum absolute atomic E-state index is 0.0185. The van der Waals surface area contributed by atoms with Crippen molar-refractivity contribution in [2.24, 2.45) is 0 Å². The second-order valence-corrected chi connectivity index (χ2v) is 4.89. The van der Waals surface area contributed by atoms with Crippen molar-refractivity contribution in [3.05, 3.63) is 68.6 Å². The molecule has 0 N–H and O–H groups in total. The Morgan fingerprint density at radius 1 is 1.38 bits per heavy atom. The van der Waals surface area contributed by atoms with Gasteiger partial charge in [-0.1, -0.05) is 0 Å². The summed E-state index contributed by atoms with van der Waals surface area (Å²) in [6.07, 6.45) is 1.32. The molecular formula is C15H11N3O6. The smallest absolute Gasteiger partial charge is 0.373 e. The quantitative estimate of drug-likeness (QED) is 0.406. The molecule has 0 bridgehead atoms. The van der Waals surface area contributed by atoms with Crippen molar-refractivity contribution in [3.8, 4) is 0 Å². The summed E-state index contributed by atoms with van der Waals surface area (Å²) in [6, 6.07) is 6.86. The van der Waals surface area contributed by atoms with Gasteiger partial charge in [-0.15, -0.1) is 0 Å². The summed E-state index contributed by atoms with van der Waals surface area (Å²) in [4.78, 5) is 38.2. The van der Waals surface area contributed by atoms with Crippen LogP contribution in [-0.2, 0) is 11.3 Å². The number of hydrogen-bond donors (Lipinski definition) is 0. The first-order valence-electron chi connectivity index (χ1n) is 6.80. The molecule has 0 radical (unpaired) electrons. The fourth-order valence-electron chi connectivity index (χ4n) is 2.21. The number of hydrogen-bond acceptors (Lipinski definition) is 7. The third kappa shape index (κ3) is 2.74. The van der Waals surface area contributed by atoms with Crippen LogP contribution in [0.15, 0.2) is 45.9 Å². The molecule has 0 saturated carbocycles. The number of esters is 1. The van der Waals surface area contributed by atoms with Crippen LogP contribution in [-0.4, -0.2) is 27.6 Å². The van der Waals surface area contributed by atoms with E-state index < -0.39 is 16.5 Å². The van der Waals surface area contributed by atoms with E-state index in [0.29, 0.717) is 11.3 Å². The maximum Gasteiger partial charge on any atom is 0.373 e. The van der Waals surface area contributed by atoms with Gasteiger partial charge in [-0.25, -0.2) is 9.78 Å². The van der Waals surface area contributed by atoms with Gasteiger partial charge in [0.2, 0.25) is 5.76 Å². The monoisotopic (exact) mass is 329 g/mol. The molecule has 3 rings (SSSR count). The third-order valence-electron chi connectivity index (χ3n) is 3.39. The molecule has 0 spiro atoms. The highest BCUT2D eigenvalue weighted by atomic mass is 16.6. The van der Waals surface area contributed by atoms with E-state index in [4.69, 9.17) is 4.42 Å². The Morgan fingerprint density at radius 2 is 2.17 bits per heavy atom. The molecule has 2 aromatic heterocycles. The molecular weight excluding hydrogens is 318 g/mol. The van der Waals surface area contributed by atoms with Crippen LogP contribution in [0.1, 0.15) is 16.3 Å². The average molecular weight is 329 g/mol. The van der Waals surface area contributed by atoms with E-state index in [1.54, 1.807) is 0 Å². The SMILES string of the molecule is COC(=O)c1ccc(Cn2cnc3ccc([N+](=O)[O-])cc3c2=O)o1. The summed E-state index contributed by atoms with van der Waals surface area (Å²) >= 11 is 0. The number of ether oxygens (including phenoxy) is 1. The zero-order valence-corrected chi connectivity index (χ0v) is 12.5. The van der Waals surface area contributed by atoms with Gasteiger partial charge in [0.25, 0.3) is 11.2 Å². The van der Waals surface area contributed by atoms with Crippen LogP contribution in [0.2, 0.25) is 0 Å². The molecule has 122 valence electrons. The predicted octanol–water partition coefficient (Wildman–Crippen LogP) is 1.73. The van der Waals surface area contributed by atoms with Crippen LogP contribution >= 0.6 is 0 Å². The first kappa shape index (κ1) is 15.4. The first-order valence-corrected chi connectivity index (χ1v) is 6.80. The molecule has 0 unspecified atom stereocenters. The molecule has 0 aliphatic rings. The van der Waals surface area contributed by atoms with Crippen molar-refractivity contribution in [2.45, 2.75) is 6.54 Å². The van der Waals surface area contributed by atoms with Crippen molar-refractivity contribution in [2.75, 3.05) is 7.11 Å². The van der Waals surface area contributed by atoms with E-state index in [-0.39, 0.29) is 23.4 Å². The zero-order valence-electron chi connectivity index (χ0n) is 12.5. The number of nitrogens with zero attached hydrogens (tertiary/aromatic N) is 3. The Hall–Kier alpha value is -3.49. The van der Waals surface area contributed by atoms with Gasteiger partial charge in [-0.3, -0.25) is 19.5 Å². The molecule has 0 aliphatic heterocycles. The number of aromatic nitrogens is 2. The van der Waals surface area contributed by atoms with Crippen LogP contribution < -0.4 is 5.56 Å². The number of benzene rings is 1. The maximum atomic E-state index is 12.5. The van der Waals surface area contributed by atoms with E-state index in [9.17, 15) is 19.7 Å². The Bertz CT molecular complexity index is 1000. The number of furan rings is 1. The molecule has 0 saturated heterocycles. The van der Waals surface area contributed by atoms with Crippen LogP contribution in [0, 0.1) is 10.1 Å². The number of methoxy groups -OCH3 is 1. The molecule has 9 nitrogen and oxygen atoms in total. The van der Waals surface area contributed by atoms with E-state index in [0.717, 1.165) is 0 Å². The summed E-state index contributed by atoms with van der Waals surface area (Å²) in [5, 5.41) is 11.0. The van der Waals surface area contributed by atoms with Crippen molar-refractivity contribution in [1.29, 1.82) is 0 Å². The summed E-state index contributed by atoms with van der Waals surface area (Å²) in [7, 11) is 1.23. The highest BCUT2D eigenvalue weighted by molar-refractivity contribution is 5.86. The summed E-state index contributed by atoms with van der Waals surface area (Å²) in [5.74, 6) is -0.255. The lowest BCUT2D eigenvalue weighted by Crippen LogP contribution is -2.21. The molecule has 0 aliphatic carbocycles. The zero-order chi connectivity index (χ0) is 17.3. The van der Waals surface area contributed by atoms with E-state index in [1.807, 2.05) is 0 Å². The molecule has 9 heteroatoms. The lowest BCUT2D eigenvalue weighted by Gasteiger charge is -2.04. The average Bonchev–Trinajstić information content (AvgIpc) is 3.05. The summed E-state index contributed by atoms with van der Waals surface area (Å²) < 4.78 is 11.1. The molecule has 1 aromatic carbocycles. The summed E-state index contributed by atoms with van der Waals surface area (Å²) in [5.41, 5.74) is -0.276. The van der Waals surface area contributed by atoms with Gasteiger partial charge in [0.15, 0.2) is 0 Å². The van der Waals surface area contributed by atoms with E-state index in [1.165, 1.54) is 48.3 Å². The third-order valence-corrected chi connectivity index (χ3v) is 3.39. The fraction of sp³-hybridized carbons (Fsp3) is 0.133. The number of nitro benzene ring substituents is 1. The highest BCUT2D eigenvalue weighted by Crippen LogP contribution is 2.17. The van der Waals surface area contributed by atoms with Crippen molar-refractivity contribution >= 4 is 22.6 Å². The van der Waals surface area contributed by atoms with Crippen LogP contribution in [0.3, 0.4) is 0 Å².